The summed E-state index contributed by atoms with van der Waals surface area (Å²) in [7, 11) is 0. The van der Waals surface area contributed by atoms with E-state index < -0.39 is 0 Å². The van der Waals surface area contributed by atoms with Crippen LogP contribution < -0.4 is 10.6 Å². The zero-order valence-corrected chi connectivity index (χ0v) is 11.0. The average molecular weight is 246 g/mol. The predicted molar refractivity (Wildman–Crippen MR) is 76.8 cm³/mol. The van der Waals surface area contributed by atoms with Crippen LogP contribution in [0.3, 0.4) is 0 Å². The highest BCUT2D eigenvalue weighted by Gasteiger charge is 2.01. The SMILES string of the molecule is C=CCNCC(=O)Nc1ccc(CCCC)cc1. The van der Waals surface area contributed by atoms with E-state index in [4.69, 9.17) is 0 Å². The first-order valence-corrected chi connectivity index (χ1v) is 6.46. The van der Waals surface area contributed by atoms with Crippen LogP contribution in [0.2, 0.25) is 0 Å². The van der Waals surface area contributed by atoms with Gasteiger partial charge in [-0.3, -0.25) is 4.79 Å². The monoisotopic (exact) mass is 246 g/mol. The van der Waals surface area contributed by atoms with E-state index in [1.807, 2.05) is 12.1 Å². The zero-order chi connectivity index (χ0) is 13.2. The lowest BCUT2D eigenvalue weighted by Crippen LogP contribution is -2.28. The van der Waals surface area contributed by atoms with E-state index in [2.05, 4.69) is 36.3 Å². The molecule has 0 saturated carbocycles. The van der Waals surface area contributed by atoms with Gasteiger partial charge < -0.3 is 10.6 Å². The van der Waals surface area contributed by atoms with Gasteiger partial charge >= 0.3 is 0 Å². The lowest BCUT2D eigenvalue weighted by Gasteiger charge is -2.06. The highest BCUT2D eigenvalue weighted by molar-refractivity contribution is 5.92. The number of hydrogen-bond acceptors (Lipinski definition) is 2. The molecule has 0 unspecified atom stereocenters. The standard InChI is InChI=1S/C15H22N2O/c1-3-5-6-13-7-9-14(10-8-13)17-15(18)12-16-11-4-2/h4,7-10,16H,2-3,5-6,11-12H2,1H3,(H,17,18). The number of nitrogens with one attached hydrogen (secondary N) is 2. The van der Waals surface area contributed by atoms with Crippen LogP contribution in [0.5, 0.6) is 0 Å². The largest absolute Gasteiger partial charge is 0.325 e. The summed E-state index contributed by atoms with van der Waals surface area (Å²) in [5.74, 6) is -0.0295. The molecule has 0 aliphatic carbocycles. The second-order valence-corrected chi connectivity index (χ2v) is 4.27. The number of hydrogen-bond donors (Lipinski definition) is 2. The molecule has 2 N–H and O–H groups in total. The third-order valence-electron chi connectivity index (χ3n) is 2.63. The fraction of sp³-hybridized carbons (Fsp3) is 0.400. The quantitative estimate of drug-likeness (QED) is 0.547. The summed E-state index contributed by atoms with van der Waals surface area (Å²) in [5.41, 5.74) is 2.17. The Morgan fingerprint density at radius 3 is 2.67 bits per heavy atom. The van der Waals surface area contributed by atoms with Crippen LogP contribution in [0.25, 0.3) is 0 Å². The fourth-order valence-corrected chi connectivity index (χ4v) is 1.63. The number of unbranched alkanes of at least 4 members (excludes halogenated alkanes) is 1. The summed E-state index contributed by atoms with van der Waals surface area (Å²) in [4.78, 5) is 11.5. The van der Waals surface area contributed by atoms with Gasteiger partial charge in [-0.05, 0) is 30.5 Å². The van der Waals surface area contributed by atoms with Crippen molar-refractivity contribution in [2.75, 3.05) is 18.4 Å². The van der Waals surface area contributed by atoms with Gasteiger partial charge in [-0.2, -0.15) is 0 Å². The highest BCUT2D eigenvalue weighted by atomic mass is 16.1. The van der Waals surface area contributed by atoms with Crippen molar-refractivity contribution < 1.29 is 4.79 Å². The van der Waals surface area contributed by atoms with Crippen molar-refractivity contribution in [2.24, 2.45) is 0 Å². The molecular formula is C15H22N2O. The normalized spacial score (nSPS) is 10.1. The molecule has 0 atom stereocenters. The smallest absolute Gasteiger partial charge is 0.238 e. The minimum atomic E-state index is -0.0295. The molecule has 0 aliphatic rings. The second kappa shape index (κ2) is 8.48. The summed E-state index contributed by atoms with van der Waals surface area (Å²) in [6.07, 6.45) is 5.24. The number of aryl methyl sites for hydroxylation is 1. The Kier molecular flexibility index (Phi) is 6.81. The molecule has 3 nitrogen and oxygen atoms in total. The van der Waals surface area contributed by atoms with E-state index in [1.165, 1.54) is 18.4 Å². The van der Waals surface area contributed by atoms with Crippen molar-refractivity contribution >= 4 is 11.6 Å². The molecule has 0 heterocycles. The van der Waals surface area contributed by atoms with Gasteiger partial charge in [-0.1, -0.05) is 31.6 Å². The summed E-state index contributed by atoms with van der Waals surface area (Å²) in [6, 6.07) is 8.05. The molecule has 0 aliphatic heterocycles. The molecule has 1 aromatic rings. The predicted octanol–water partition coefficient (Wildman–Crippen LogP) is 2.74. The minimum absolute atomic E-state index is 0.0295. The number of carbonyl (C=O) groups excluding carboxylic acids is 1. The minimum Gasteiger partial charge on any atom is -0.325 e. The van der Waals surface area contributed by atoms with Crippen LogP contribution in [0.4, 0.5) is 5.69 Å². The number of amides is 1. The maximum atomic E-state index is 11.5. The van der Waals surface area contributed by atoms with Crippen LogP contribution >= 0.6 is 0 Å². The molecule has 0 bridgehead atoms. The van der Waals surface area contributed by atoms with Gasteiger partial charge in [0.25, 0.3) is 0 Å². The Bertz CT molecular complexity index is 371. The van der Waals surface area contributed by atoms with Crippen molar-refractivity contribution in [3.05, 3.63) is 42.5 Å². The Hall–Kier alpha value is -1.61. The van der Waals surface area contributed by atoms with Crippen molar-refractivity contribution in [1.29, 1.82) is 0 Å². The zero-order valence-electron chi connectivity index (χ0n) is 11.0. The van der Waals surface area contributed by atoms with E-state index in [0.29, 0.717) is 13.1 Å². The molecule has 0 fully saturated rings. The van der Waals surface area contributed by atoms with Crippen LogP contribution in [0, 0.1) is 0 Å². The van der Waals surface area contributed by atoms with E-state index >= 15 is 0 Å². The summed E-state index contributed by atoms with van der Waals surface area (Å²) in [6.45, 7) is 6.72. The van der Waals surface area contributed by atoms with E-state index in [0.717, 1.165) is 12.1 Å². The van der Waals surface area contributed by atoms with Gasteiger partial charge in [-0.25, -0.2) is 0 Å². The van der Waals surface area contributed by atoms with Crippen LogP contribution in [-0.2, 0) is 11.2 Å². The average Bonchev–Trinajstić information content (AvgIpc) is 2.38. The number of anilines is 1. The third-order valence-corrected chi connectivity index (χ3v) is 2.63. The first-order valence-electron chi connectivity index (χ1n) is 6.46. The molecule has 1 amide bonds. The van der Waals surface area contributed by atoms with Gasteiger partial charge in [-0.15, -0.1) is 6.58 Å². The molecule has 0 saturated heterocycles. The molecule has 0 aromatic heterocycles. The summed E-state index contributed by atoms with van der Waals surface area (Å²) < 4.78 is 0. The number of carbonyl (C=O) groups is 1. The molecule has 0 spiro atoms. The van der Waals surface area contributed by atoms with Crippen molar-refractivity contribution in [1.82, 2.24) is 5.32 Å². The highest BCUT2D eigenvalue weighted by Crippen LogP contribution is 2.11. The summed E-state index contributed by atoms with van der Waals surface area (Å²) in [5, 5.41) is 5.81. The molecule has 18 heavy (non-hydrogen) atoms. The van der Waals surface area contributed by atoms with E-state index in [9.17, 15) is 4.79 Å². The van der Waals surface area contributed by atoms with E-state index in [1.54, 1.807) is 6.08 Å². The molecule has 1 rings (SSSR count). The maximum Gasteiger partial charge on any atom is 0.238 e. The molecule has 98 valence electrons. The fourth-order valence-electron chi connectivity index (χ4n) is 1.63. The second-order valence-electron chi connectivity index (χ2n) is 4.27. The molecule has 1 aromatic carbocycles. The van der Waals surface area contributed by atoms with Gasteiger partial charge in [0.2, 0.25) is 5.91 Å². The first-order chi connectivity index (χ1) is 8.76. The lowest BCUT2D eigenvalue weighted by atomic mass is 10.1. The topological polar surface area (TPSA) is 41.1 Å². The molecular weight excluding hydrogens is 224 g/mol. The van der Waals surface area contributed by atoms with Crippen LogP contribution in [0.1, 0.15) is 25.3 Å². The Morgan fingerprint density at radius 2 is 2.06 bits per heavy atom. The van der Waals surface area contributed by atoms with Gasteiger partial charge in [0.15, 0.2) is 0 Å². The van der Waals surface area contributed by atoms with Gasteiger partial charge in [0.1, 0.15) is 0 Å². The Labute approximate surface area is 109 Å². The van der Waals surface area contributed by atoms with Crippen molar-refractivity contribution in [3.8, 4) is 0 Å². The van der Waals surface area contributed by atoms with Gasteiger partial charge in [0.05, 0.1) is 6.54 Å². The van der Waals surface area contributed by atoms with E-state index in [-0.39, 0.29) is 5.91 Å². The van der Waals surface area contributed by atoms with Crippen molar-refractivity contribution in [3.63, 3.8) is 0 Å². The Morgan fingerprint density at radius 1 is 1.33 bits per heavy atom. The van der Waals surface area contributed by atoms with Crippen molar-refractivity contribution in [2.45, 2.75) is 26.2 Å². The van der Waals surface area contributed by atoms with Crippen LogP contribution in [-0.4, -0.2) is 19.0 Å². The lowest BCUT2D eigenvalue weighted by molar-refractivity contribution is -0.115. The Balaban J connectivity index is 2.38. The third kappa shape index (κ3) is 5.64. The number of rotatable bonds is 8. The summed E-state index contributed by atoms with van der Waals surface area (Å²) >= 11 is 0. The van der Waals surface area contributed by atoms with Crippen LogP contribution in [0.15, 0.2) is 36.9 Å². The molecule has 3 heteroatoms. The number of benzene rings is 1. The van der Waals surface area contributed by atoms with Gasteiger partial charge in [0, 0.05) is 12.2 Å². The molecule has 0 radical (unpaired) electrons. The first kappa shape index (κ1) is 14.5. The maximum absolute atomic E-state index is 11.5.